The third-order valence-corrected chi connectivity index (χ3v) is 3.78. The molecule has 0 radical (unpaired) electrons. The van der Waals surface area contributed by atoms with Gasteiger partial charge >= 0.3 is 0 Å². The zero-order chi connectivity index (χ0) is 17.1. The summed E-state index contributed by atoms with van der Waals surface area (Å²) >= 11 is 0. The normalized spacial score (nSPS) is 14.4. The van der Waals surface area contributed by atoms with Crippen LogP contribution in [0.5, 0.6) is 17.2 Å². The molecule has 2 N–H and O–H groups in total. The lowest BCUT2D eigenvalue weighted by Gasteiger charge is -2.13. The highest BCUT2D eigenvalue weighted by Gasteiger charge is 2.14. The molecule has 2 heterocycles. The van der Waals surface area contributed by atoms with E-state index >= 15 is 0 Å². The molecule has 0 aliphatic carbocycles. The Morgan fingerprint density at radius 1 is 0.920 bits per heavy atom. The van der Waals surface area contributed by atoms with Crippen molar-refractivity contribution in [1.82, 2.24) is 9.97 Å². The molecule has 1 aromatic heterocycles. The van der Waals surface area contributed by atoms with E-state index in [1.165, 1.54) is 6.33 Å². The summed E-state index contributed by atoms with van der Waals surface area (Å²) in [6.45, 7) is 1.95. The average Bonchev–Trinajstić information content (AvgIpc) is 2.72. The number of anilines is 2. The molecule has 25 heavy (non-hydrogen) atoms. The fraction of sp³-hybridized carbons (Fsp3) is 0.222. The maximum atomic E-state index is 9.63. The molecule has 7 heteroatoms. The Hall–Kier alpha value is -3.06. The van der Waals surface area contributed by atoms with Gasteiger partial charge in [-0.3, -0.25) is 0 Å². The van der Waals surface area contributed by atoms with Crippen molar-refractivity contribution in [2.75, 3.05) is 31.7 Å². The molecule has 0 saturated carbocycles. The van der Waals surface area contributed by atoms with Crippen LogP contribution < -0.4 is 14.8 Å². The highest BCUT2D eigenvalue weighted by molar-refractivity contribution is 5.93. The lowest BCUT2D eigenvalue weighted by Crippen LogP contribution is -2.08. The summed E-state index contributed by atoms with van der Waals surface area (Å²) in [6.07, 6.45) is 1.49. The number of fused-ring (bicyclic) bond motifs is 2. The fourth-order valence-electron chi connectivity index (χ4n) is 2.63. The Bertz CT molecular complexity index is 901. The Kier molecular flexibility index (Phi) is 4.22. The molecule has 0 unspecified atom stereocenters. The number of nitrogens with one attached hydrogen (secondary N) is 1. The van der Waals surface area contributed by atoms with Crippen LogP contribution in [0, 0.1) is 0 Å². The number of hydrogen-bond acceptors (Lipinski definition) is 7. The summed E-state index contributed by atoms with van der Waals surface area (Å²) in [7, 11) is 0. The number of phenolic OH excluding ortho intramolecular Hbond substituents is 1. The van der Waals surface area contributed by atoms with E-state index in [1.54, 1.807) is 18.2 Å². The summed E-state index contributed by atoms with van der Waals surface area (Å²) in [4.78, 5) is 8.64. The molecule has 0 saturated heterocycles. The van der Waals surface area contributed by atoms with Gasteiger partial charge in [-0.2, -0.15) is 0 Å². The van der Waals surface area contributed by atoms with Gasteiger partial charge in [-0.05, 0) is 18.2 Å². The Morgan fingerprint density at radius 3 is 2.52 bits per heavy atom. The number of hydrogen-bond donors (Lipinski definition) is 2. The van der Waals surface area contributed by atoms with Crippen LogP contribution in [0.4, 0.5) is 11.5 Å². The number of phenols is 1. The zero-order valence-electron chi connectivity index (χ0n) is 13.4. The van der Waals surface area contributed by atoms with Crippen LogP contribution in [0.15, 0.2) is 42.7 Å². The van der Waals surface area contributed by atoms with Crippen molar-refractivity contribution in [1.29, 1.82) is 0 Å². The minimum Gasteiger partial charge on any atom is -0.508 e. The van der Waals surface area contributed by atoms with E-state index in [9.17, 15) is 5.11 Å². The summed E-state index contributed by atoms with van der Waals surface area (Å²) in [6, 6.07) is 10.6. The van der Waals surface area contributed by atoms with Crippen LogP contribution >= 0.6 is 0 Å². The van der Waals surface area contributed by atoms with E-state index < -0.39 is 0 Å². The molecule has 0 atom stereocenters. The standard InChI is InChI=1S/C18H17N3O4/c22-13-3-1-2-12(8-13)21-18-14-9-16-17(10-15(14)19-11-20-18)25-7-5-23-4-6-24-16/h1-3,8-11,22H,4-7H2,(H,19,20,21). The third-order valence-electron chi connectivity index (χ3n) is 3.78. The van der Waals surface area contributed by atoms with Crippen LogP contribution in [0.1, 0.15) is 0 Å². The molecule has 0 fully saturated rings. The first-order valence-electron chi connectivity index (χ1n) is 7.98. The molecule has 2 aromatic carbocycles. The quantitative estimate of drug-likeness (QED) is 0.742. The van der Waals surface area contributed by atoms with Gasteiger partial charge in [0.25, 0.3) is 0 Å². The van der Waals surface area contributed by atoms with Gasteiger partial charge in [0.2, 0.25) is 0 Å². The van der Waals surface area contributed by atoms with Crippen LogP contribution in [-0.4, -0.2) is 41.5 Å². The first-order valence-corrected chi connectivity index (χ1v) is 7.98. The summed E-state index contributed by atoms with van der Waals surface area (Å²) in [5, 5.41) is 13.6. The van der Waals surface area contributed by atoms with E-state index in [4.69, 9.17) is 14.2 Å². The van der Waals surface area contributed by atoms with Crippen molar-refractivity contribution in [2.45, 2.75) is 0 Å². The minimum absolute atomic E-state index is 0.182. The van der Waals surface area contributed by atoms with Gasteiger partial charge in [0.15, 0.2) is 11.5 Å². The average molecular weight is 339 g/mol. The van der Waals surface area contributed by atoms with Crippen molar-refractivity contribution in [3.8, 4) is 17.2 Å². The van der Waals surface area contributed by atoms with Crippen LogP contribution in [0.25, 0.3) is 10.9 Å². The Balaban J connectivity index is 1.75. The number of nitrogens with zero attached hydrogens (tertiary/aromatic N) is 2. The van der Waals surface area contributed by atoms with E-state index in [2.05, 4.69) is 15.3 Å². The van der Waals surface area contributed by atoms with Crippen molar-refractivity contribution in [3.63, 3.8) is 0 Å². The first-order chi connectivity index (χ1) is 12.3. The van der Waals surface area contributed by atoms with Crippen molar-refractivity contribution in [3.05, 3.63) is 42.7 Å². The van der Waals surface area contributed by atoms with Gasteiger partial charge in [0.1, 0.15) is 31.1 Å². The molecule has 0 spiro atoms. The molecular weight excluding hydrogens is 322 g/mol. The number of aromatic nitrogens is 2. The van der Waals surface area contributed by atoms with Gasteiger partial charge in [-0.15, -0.1) is 0 Å². The molecule has 3 aromatic rings. The Morgan fingerprint density at radius 2 is 1.72 bits per heavy atom. The summed E-state index contributed by atoms with van der Waals surface area (Å²) in [5.74, 6) is 2.08. The molecule has 128 valence electrons. The lowest BCUT2D eigenvalue weighted by atomic mass is 10.2. The van der Waals surface area contributed by atoms with Crippen molar-refractivity contribution in [2.24, 2.45) is 0 Å². The highest BCUT2D eigenvalue weighted by atomic mass is 16.6. The van der Waals surface area contributed by atoms with Crippen LogP contribution in [-0.2, 0) is 4.74 Å². The topological polar surface area (TPSA) is 85.7 Å². The Labute approximate surface area is 144 Å². The predicted octanol–water partition coefficient (Wildman–Crippen LogP) is 2.87. The molecule has 0 amide bonds. The van der Waals surface area contributed by atoms with E-state index in [-0.39, 0.29) is 5.75 Å². The van der Waals surface area contributed by atoms with Crippen LogP contribution in [0.3, 0.4) is 0 Å². The molecule has 1 aliphatic heterocycles. The van der Waals surface area contributed by atoms with Crippen LogP contribution in [0.2, 0.25) is 0 Å². The summed E-state index contributed by atoms with van der Waals surface area (Å²) in [5.41, 5.74) is 1.47. The SMILES string of the molecule is Oc1cccc(Nc2ncnc3cc4c(cc23)OCCOCCO4)c1. The largest absolute Gasteiger partial charge is 0.508 e. The molecule has 4 rings (SSSR count). The van der Waals surface area contributed by atoms with Gasteiger partial charge in [-0.1, -0.05) is 6.07 Å². The zero-order valence-corrected chi connectivity index (χ0v) is 13.4. The smallest absolute Gasteiger partial charge is 0.163 e. The van der Waals surface area contributed by atoms with Crippen molar-refractivity contribution < 1.29 is 19.3 Å². The van der Waals surface area contributed by atoms with E-state index in [0.717, 1.165) is 16.6 Å². The third kappa shape index (κ3) is 3.41. The molecule has 0 bridgehead atoms. The number of benzene rings is 2. The second-order valence-electron chi connectivity index (χ2n) is 5.52. The number of ether oxygens (including phenoxy) is 3. The van der Waals surface area contributed by atoms with Crippen molar-refractivity contribution >= 4 is 22.4 Å². The monoisotopic (exact) mass is 339 g/mol. The maximum absolute atomic E-state index is 9.63. The molecular formula is C18H17N3O4. The van der Waals surface area contributed by atoms with Gasteiger partial charge in [0, 0.05) is 23.2 Å². The van der Waals surface area contributed by atoms with E-state index in [1.807, 2.05) is 18.2 Å². The molecule has 7 nitrogen and oxygen atoms in total. The van der Waals surface area contributed by atoms with Gasteiger partial charge in [-0.25, -0.2) is 9.97 Å². The fourth-order valence-corrected chi connectivity index (χ4v) is 2.63. The van der Waals surface area contributed by atoms with Gasteiger partial charge in [0.05, 0.1) is 18.7 Å². The highest BCUT2D eigenvalue weighted by Crippen LogP contribution is 2.35. The predicted molar refractivity (Wildman–Crippen MR) is 92.7 cm³/mol. The molecule has 1 aliphatic rings. The number of rotatable bonds is 2. The lowest BCUT2D eigenvalue weighted by molar-refractivity contribution is 0.0877. The second kappa shape index (κ2) is 6.82. The second-order valence-corrected chi connectivity index (χ2v) is 5.52. The maximum Gasteiger partial charge on any atom is 0.163 e. The first kappa shape index (κ1) is 15.5. The number of aromatic hydroxyl groups is 1. The minimum atomic E-state index is 0.182. The summed E-state index contributed by atoms with van der Waals surface area (Å²) < 4.78 is 16.9. The van der Waals surface area contributed by atoms with E-state index in [0.29, 0.717) is 43.7 Å². The van der Waals surface area contributed by atoms with Gasteiger partial charge < -0.3 is 24.6 Å².